The van der Waals surface area contributed by atoms with Crippen LogP contribution < -0.4 is 5.73 Å². The van der Waals surface area contributed by atoms with Crippen LogP contribution >= 0.6 is 12.4 Å². The quantitative estimate of drug-likeness (QED) is 0.807. The number of halogens is 2. The smallest absolute Gasteiger partial charge is 0.128 e. The molecule has 0 aromatic heterocycles. The van der Waals surface area contributed by atoms with Crippen LogP contribution in [0.3, 0.4) is 0 Å². The summed E-state index contributed by atoms with van der Waals surface area (Å²) in [5.74, 6) is 0.358. The highest BCUT2D eigenvalue weighted by Crippen LogP contribution is 2.40. The molecule has 0 saturated heterocycles. The third kappa shape index (κ3) is 2.25. The Morgan fingerprint density at radius 1 is 1.43 bits per heavy atom. The maximum absolute atomic E-state index is 13.4. The molecule has 78 valence electrons. The number of rotatable bonds is 2. The van der Waals surface area contributed by atoms with E-state index in [0.29, 0.717) is 11.5 Å². The lowest BCUT2D eigenvalue weighted by Gasteiger charge is -2.11. The predicted octanol–water partition coefficient (Wildman–Crippen LogP) is 2.97. The zero-order chi connectivity index (χ0) is 9.42. The second kappa shape index (κ2) is 4.28. The average molecular weight is 216 g/mol. The molecule has 14 heavy (non-hydrogen) atoms. The zero-order valence-electron chi connectivity index (χ0n) is 8.16. The largest absolute Gasteiger partial charge is 0.324 e. The Morgan fingerprint density at radius 3 is 2.57 bits per heavy atom. The maximum atomic E-state index is 13.4. The molecule has 0 radical (unpaired) electrons. The van der Waals surface area contributed by atoms with Crippen molar-refractivity contribution in [2.45, 2.75) is 25.8 Å². The van der Waals surface area contributed by atoms with Crippen LogP contribution in [0.4, 0.5) is 4.39 Å². The van der Waals surface area contributed by atoms with E-state index >= 15 is 0 Å². The molecule has 1 fully saturated rings. The van der Waals surface area contributed by atoms with Crippen molar-refractivity contribution in [2.75, 3.05) is 0 Å². The second-order valence-electron chi connectivity index (χ2n) is 3.89. The molecular weight excluding hydrogens is 201 g/mol. The molecule has 1 aromatic rings. The van der Waals surface area contributed by atoms with E-state index in [1.54, 1.807) is 6.07 Å². The van der Waals surface area contributed by atoms with E-state index < -0.39 is 0 Å². The van der Waals surface area contributed by atoms with E-state index in [9.17, 15) is 4.39 Å². The van der Waals surface area contributed by atoms with Crippen molar-refractivity contribution in [1.82, 2.24) is 0 Å². The minimum Gasteiger partial charge on any atom is -0.324 e. The topological polar surface area (TPSA) is 26.0 Å². The fraction of sp³-hybridized carbons (Fsp3) is 0.455. The molecule has 1 aliphatic rings. The first-order valence-electron chi connectivity index (χ1n) is 4.70. The van der Waals surface area contributed by atoms with Gasteiger partial charge in [-0.2, -0.15) is 0 Å². The number of aryl methyl sites for hydroxylation is 1. The van der Waals surface area contributed by atoms with Gasteiger partial charge in [0.05, 0.1) is 0 Å². The van der Waals surface area contributed by atoms with Crippen LogP contribution in [0.1, 0.15) is 30.0 Å². The van der Waals surface area contributed by atoms with E-state index in [-0.39, 0.29) is 24.3 Å². The summed E-state index contributed by atoms with van der Waals surface area (Å²) < 4.78 is 13.4. The minimum absolute atomic E-state index is 0. The van der Waals surface area contributed by atoms with Crippen LogP contribution in [0.5, 0.6) is 0 Å². The fourth-order valence-corrected chi connectivity index (χ4v) is 1.61. The summed E-state index contributed by atoms with van der Waals surface area (Å²) in [7, 11) is 0. The highest BCUT2D eigenvalue weighted by Gasteiger charge is 2.30. The van der Waals surface area contributed by atoms with Gasteiger partial charge in [-0.25, -0.2) is 4.39 Å². The molecule has 1 saturated carbocycles. The van der Waals surface area contributed by atoms with Gasteiger partial charge >= 0.3 is 0 Å². The zero-order valence-corrected chi connectivity index (χ0v) is 8.98. The van der Waals surface area contributed by atoms with Crippen LogP contribution in [-0.2, 0) is 0 Å². The van der Waals surface area contributed by atoms with Gasteiger partial charge in [-0.15, -0.1) is 12.4 Å². The van der Waals surface area contributed by atoms with Gasteiger partial charge in [-0.3, -0.25) is 0 Å². The second-order valence-corrected chi connectivity index (χ2v) is 3.89. The Kier molecular flexibility index (Phi) is 3.51. The highest BCUT2D eigenvalue weighted by molar-refractivity contribution is 5.85. The summed E-state index contributed by atoms with van der Waals surface area (Å²) in [6.45, 7) is 1.88. The summed E-state index contributed by atoms with van der Waals surface area (Å²) in [4.78, 5) is 0. The number of nitrogens with two attached hydrogens (primary N) is 1. The molecule has 1 nitrogen and oxygen atoms in total. The van der Waals surface area contributed by atoms with Crippen molar-refractivity contribution in [3.63, 3.8) is 0 Å². The molecule has 0 bridgehead atoms. The lowest BCUT2D eigenvalue weighted by atomic mass is 10.0. The Morgan fingerprint density at radius 2 is 2.07 bits per heavy atom. The number of hydrogen-bond donors (Lipinski definition) is 1. The van der Waals surface area contributed by atoms with Crippen molar-refractivity contribution >= 4 is 12.4 Å². The normalized spacial score (nSPS) is 17.4. The van der Waals surface area contributed by atoms with E-state index in [0.717, 1.165) is 18.4 Å². The van der Waals surface area contributed by atoms with Gasteiger partial charge in [0.25, 0.3) is 0 Å². The maximum Gasteiger partial charge on any atom is 0.128 e. The first-order chi connectivity index (χ1) is 6.18. The molecule has 1 aromatic carbocycles. The first kappa shape index (κ1) is 11.5. The molecule has 2 N–H and O–H groups in total. The minimum atomic E-state index is -0.153. The Hall–Kier alpha value is -0.600. The van der Waals surface area contributed by atoms with Gasteiger partial charge in [0.2, 0.25) is 0 Å². The summed E-state index contributed by atoms with van der Waals surface area (Å²) in [6, 6.07) is 5.19. The monoisotopic (exact) mass is 215 g/mol. The average Bonchev–Trinajstić information content (AvgIpc) is 2.85. The summed E-state index contributed by atoms with van der Waals surface area (Å²) in [5.41, 5.74) is 7.53. The lowest BCUT2D eigenvalue weighted by molar-refractivity contribution is 0.553. The molecule has 0 unspecified atom stereocenters. The SMILES string of the molecule is Cc1ccc([C@@H](N)C2CC2)c(F)c1.Cl. The van der Waals surface area contributed by atoms with Crippen LogP contribution in [0.15, 0.2) is 18.2 Å². The van der Waals surface area contributed by atoms with Crippen molar-refractivity contribution in [3.05, 3.63) is 35.1 Å². The summed E-state index contributed by atoms with van der Waals surface area (Å²) >= 11 is 0. The van der Waals surface area contributed by atoms with E-state index in [2.05, 4.69) is 0 Å². The van der Waals surface area contributed by atoms with Crippen molar-refractivity contribution in [2.24, 2.45) is 11.7 Å². The Balaban J connectivity index is 0.000000980. The van der Waals surface area contributed by atoms with Gasteiger partial charge in [0.15, 0.2) is 0 Å². The van der Waals surface area contributed by atoms with E-state index in [1.807, 2.05) is 19.1 Å². The van der Waals surface area contributed by atoms with Crippen LogP contribution in [0.2, 0.25) is 0 Å². The summed E-state index contributed by atoms with van der Waals surface area (Å²) in [6.07, 6.45) is 2.29. The molecular formula is C11H15ClFN. The van der Waals surface area contributed by atoms with Crippen molar-refractivity contribution < 1.29 is 4.39 Å². The third-order valence-corrected chi connectivity index (χ3v) is 2.64. The number of hydrogen-bond acceptors (Lipinski definition) is 1. The lowest BCUT2D eigenvalue weighted by Crippen LogP contribution is -2.14. The summed E-state index contributed by atoms with van der Waals surface area (Å²) in [5, 5.41) is 0. The molecule has 0 heterocycles. The third-order valence-electron chi connectivity index (χ3n) is 2.64. The molecule has 0 aliphatic heterocycles. The van der Waals surface area contributed by atoms with Gasteiger partial charge in [0.1, 0.15) is 5.82 Å². The van der Waals surface area contributed by atoms with Crippen molar-refractivity contribution in [3.8, 4) is 0 Å². The molecule has 2 rings (SSSR count). The molecule has 1 aliphatic carbocycles. The van der Waals surface area contributed by atoms with Gasteiger partial charge in [0, 0.05) is 11.6 Å². The Bertz CT molecular complexity index is 323. The molecule has 0 spiro atoms. The van der Waals surface area contributed by atoms with Gasteiger partial charge < -0.3 is 5.73 Å². The molecule has 3 heteroatoms. The molecule has 1 atom stereocenters. The van der Waals surface area contributed by atoms with E-state index in [1.165, 1.54) is 0 Å². The molecule has 0 amide bonds. The van der Waals surface area contributed by atoms with Gasteiger partial charge in [-0.05, 0) is 37.3 Å². The standard InChI is InChI=1S/C11H14FN.ClH/c1-7-2-5-9(10(12)6-7)11(13)8-3-4-8;/h2,5-6,8,11H,3-4,13H2,1H3;1H/t11-;/m0./s1. The first-order valence-corrected chi connectivity index (χ1v) is 4.70. The van der Waals surface area contributed by atoms with E-state index in [4.69, 9.17) is 5.73 Å². The fourth-order valence-electron chi connectivity index (χ4n) is 1.61. The van der Waals surface area contributed by atoms with Crippen LogP contribution in [0, 0.1) is 18.7 Å². The van der Waals surface area contributed by atoms with Crippen molar-refractivity contribution in [1.29, 1.82) is 0 Å². The Labute approximate surface area is 89.9 Å². The van der Waals surface area contributed by atoms with Crippen LogP contribution in [-0.4, -0.2) is 0 Å². The number of benzene rings is 1. The van der Waals surface area contributed by atoms with Gasteiger partial charge in [-0.1, -0.05) is 12.1 Å². The van der Waals surface area contributed by atoms with Crippen LogP contribution in [0.25, 0.3) is 0 Å². The predicted molar refractivity (Wildman–Crippen MR) is 58.0 cm³/mol. The highest BCUT2D eigenvalue weighted by atomic mass is 35.5.